The molecule has 3 aromatic rings. The number of anilines is 2. The first-order chi connectivity index (χ1) is 10.2. The Bertz CT molecular complexity index is 749. The summed E-state index contributed by atoms with van der Waals surface area (Å²) in [5.74, 6) is 1.73. The number of nitrogens with zero attached hydrogens (tertiary/aromatic N) is 3. The zero-order valence-corrected chi connectivity index (χ0v) is 13.2. The largest absolute Gasteiger partial charge is 0.372 e. The Hall–Kier alpha value is -2.14. The number of rotatable bonds is 4. The van der Waals surface area contributed by atoms with Gasteiger partial charge in [0.15, 0.2) is 5.82 Å². The monoisotopic (exact) mass is 298 g/mol. The predicted molar refractivity (Wildman–Crippen MR) is 90.2 cm³/mol. The molecule has 2 heterocycles. The lowest BCUT2D eigenvalue weighted by Gasteiger charge is -2.19. The Kier molecular flexibility index (Phi) is 3.75. The molecule has 0 unspecified atom stereocenters. The number of fused-ring (bicyclic) bond motifs is 1. The molecule has 0 aliphatic rings. The summed E-state index contributed by atoms with van der Waals surface area (Å²) >= 11 is 1.65. The van der Waals surface area contributed by atoms with Crippen molar-refractivity contribution in [2.24, 2.45) is 0 Å². The number of hydrogen-bond donors (Lipinski definition) is 1. The van der Waals surface area contributed by atoms with Gasteiger partial charge in [-0.15, -0.1) is 11.3 Å². The normalized spacial score (nSPS) is 10.8. The van der Waals surface area contributed by atoms with Crippen LogP contribution in [0.25, 0.3) is 10.2 Å². The van der Waals surface area contributed by atoms with Crippen LogP contribution in [0.3, 0.4) is 0 Å². The number of hydrogen-bond acceptors (Lipinski definition) is 5. The van der Waals surface area contributed by atoms with E-state index in [1.54, 1.807) is 11.3 Å². The Morgan fingerprint density at radius 3 is 2.62 bits per heavy atom. The van der Waals surface area contributed by atoms with Gasteiger partial charge in [0, 0.05) is 19.8 Å². The van der Waals surface area contributed by atoms with Crippen molar-refractivity contribution >= 4 is 33.1 Å². The SMILES string of the molecule is CNc1nc(CN(C)c2ccc(C)cc2)nc2sccc12. The number of aromatic nitrogens is 2. The molecule has 5 heteroatoms. The van der Waals surface area contributed by atoms with Crippen molar-refractivity contribution in [1.29, 1.82) is 0 Å². The van der Waals surface area contributed by atoms with Crippen molar-refractivity contribution in [2.45, 2.75) is 13.5 Å². The molecule has 2 aromatic heterocycles. The molecule has 0 aliphatic heterocycles. The van der Waals surface area contributed by atoms with E-state index in [-0.39, 0.29) is 0 Å². The molecule has 1 N–H and O–H groups in total. The van der Waals surface area contributed by atoms with Crippen molar-refractivity contribution in [3.63, 3.8) is 0 Å². The van der Waals surface area contributed by atoms with E-state index in [4.69, 9.17) is 0 Å². The van der Waals surface area contributed by atoms with Crippen molar-refractivity contribution in [3.05, 3.63) is 47.1 Å². The second kappa shape index (κ2) is 5.69. The Morgan fingerprint density at radius 1 is 1.14 bits per heavy atom. The molecule has 0 saturated carbocycles. The zero-order chi connectivity index (χ0) is 14.8. The first kappa shape index (κ1) is 13.8. The minimum absolute atomic E-state index is 0.686. The fourth-order valence-corrected chi connectivity index (χ4v) is 3.05. The average molecular weight is 298 g/mol. The van der Waals surface area contributed by atoms with Crippen molar-refractivity contribution in [3.8, 4) is 0 Å². The van der Waals surface area contributed by atoms with E-state index in [0.29, 0.717) is 6.54 Å². The molecule has 1 aromatic carbocycles. The van der Waals surface area contributed by atoms with Crippen LogP contribution < -0.4 is 10.2 Å². The highest BCUT2D eigenvalue weighted by Gasteiger charge is 2.10. The lowest BCUT2D eigenvalue weighted by molar-refractivity contribution is 0.850. The van der Waals surface area contributed by atoms with Gasteiger partial charge in [-0.3, -0.25) is 0 Å². The van der Waals surface area contributed by atoms with Gasteiger partial charge in [-0.25, -0.2) is 9.97 Å². The second-order valence-corrected chi connectivity index (χ2v) is 5.96. The van der Waals surface area contributed by atoms with Crippen LogP contribution in [-0.4, -0.2) is 24.1 Å². The summed E-state index contributed by atoms with van der Waals surface area (Å²) in [5, 5.41) is 6.29. The van der Waals surface area contributed by atoms with E-state index < -0.39 is 0 Å². The number of nitrogens with one attached hydrogen (secondary N) is 1. The first-order valence-electron chi connectivity index (χ1n) is 6.87. The van der Waals surface area contributed by atoms with E-state index in [9.17, 15) is 0 Å². The lowest BCUT2D eigenvalue weighted by atomic mass is 10.2. The smallest absolute Gasteiger partial charge is 0.151 e. The molecule has 3 rings (SSSR count). The highest BCUT2D eigenvalue weighted by Crippen LogP contribution is 2.25. The van der Waals surface area contributed by atoms with Crippen molar-refractivity contribution in [1.82, 2.24) is 9.97 Å². The quantitative estimate of drug-likeness (QED) is 0.798. The zero-order valence-electron chi connectivity index (χ0n) is 12.4. The number of benzene rings is 1. The molecule has 0 amide bonds. The van der Waals surface area contributed by atoms with E-state index in [1.807, 2.05) is 12.4 Å². The van der Waals surface area contributed by atoms with Gasteiger partial charge in [0.05, 0.1) is 11.9 Å². The van der Waals surface area contributed by atoms with Crippen LogP contribution in [0.15, 0.2) is 35.7 Å². The van der Waals surface area contributed by atoms with Crippen LogP contribution in [0.2, 0.25) is 0 Å². The Labute approximate surface area is 128 Å². The maximum Gasteiger partial charge on any atom is 0.151 e. The molecule has 4 nitrogen and oxygen atoms in total. The highest BCUT2D eigenvalue weighted by molar-refractivity contribution is 7.16. The molecule has 0 spiro atoms. The maximum atomic E-state index is 4.65. The third-order valence-electron chi connectivity index (χ3n) is 3.46. The minimum atomic E-state index is 0.686. The number of aryl methyl sites for hydroxylation is 1. The average Bonchev–Trinajstić information content (AvgIpc) is 2.95. The van der Waals surface area contributed by atoms with Crippen LogP contribution in [0.5, 0.6) is 0 Å². The Balaban J connectivity index is 1.88. The highest BCUT2D eigenvalue weighted by atomic mass is 32.1. The van der Waals surface area contributed by atoms with Gasteiger partial charge in [0.25, 0.3) is 0 Å². The maximum absolute atomic E-state index is 4.65. The van der Waals surface area contributed by atoms with Gasteiger partial charge >= 0.3 is 0 Å². The summed E-state index contributed by atoms with van der Waals surface area (Å²) in [6, 6.07) is 10.5. The second-order valence-electron chi connectivity index (χ2n) is 5.07. The summed E-state index contributed by atoms with van der Waals surface area (Å²) in [6.07, 6.45) is 0. The van der Waals surface area contributed by atoms with Gasteiger partial charge in [-0.05, 0) is 30.5 Å². The predicted octanol–water partition coefficient (Wildman–Crippen LogP) is 3.68. The van der Waals surface area contributed by atoms with E-state index >= 15 is 0 Å². The summed E-state index contributed by atoms with van der Waals surface area (Å²) in [7, 11) is 3.96. The molecule has 0 fully saturated rings. The minimum Gasteiger partial charge on any atom is -0.372 e. The third-order valence-corrected chi connectivity index (χ3v) is 4.27. The fourth-order valence-electron chi connectivity index (χ4n) is 2.26. The van der Waals surface area contributed by atoms with E-state index in [2.05, 4.69) is 64.5 Å². The topological polar surface area (TPSA) is 41.1 Å². The van der Waals surface area contributed by atoms with Gasteiger partial charge in [-0.2, -0.15) is 0 Å². The van der Waals surface area contributed by atoms with Crippen LogP contribution in [0, 0.1) is 6.92 Å². The van der Waals surface area contributed by atoms with Gasteiger partial charge in [0.1, 0.15) is 10.6 Å². The Morgan fingerprint density at radius 2 is 1.90 bits per heavy atom. The summed E-state index contributed by atoms with van der Waals surface area (Å²) in [6.45, 7) is 2.78. The van der Waals surface area contributed by atoms with Gasteiger partial charge < -0.3 is 10.2 Å². The fraction of sp³-hybridized carbons (Fsp3) is 0.250. The summed E-state index contributed by atoms with van der Waals surface area (Å²) in [5.41, 5.74) is 2.43. The molecular weight excluding hydrogens is 280 g/mol. The molecule has 0 bridgehead atoms. The standard InChI is InChI=1S/C16H18N4S/c1-11-4-6-12(7-5-11)20(3)10-14-18-15(17-2)13-8-9-21-16(13)19-14/h4-9H,10H2,1-3H3,(H,17,18,19). The van der Waals surface area contributed by atoms with E-state index in [1.165, 1.54) is 11.3 Å². The molecule has 21 heavy (non-hydrogen) atoms. The molecular formula is C16H18N4S. The van der Waals surface area contributed by atoms with Crippen molar-refractivity contribution < 1.29 is 0 Å². The van der Waals surface area contributed by atoms with Gasteiger partial charge in [-0.1, -0.05) is 17.7 Å². The van der Waals surface area contributed by atoms with Gasteiger partial charge in [0.2, 0.25) is 0 Å². The van der Waals surface area contributed by atoms with Crippen LogP contribution in [0.4, 0.5) is 11.5 Å². The molecule has 0 radical (unpaired) electrons. The summed E-state index contributed by atoms with van der Waals surface area (Å²) in [4.78, 5) is 12.5. The molecule has 0 saturated heterocycles. The van der Waals surface area contributed by atoms with Crippen LogP contribution >= 0.6 is 11.3 Å². The van der Waals surface area contributed by atoms with Crippen LogP contribution in [-0.2, 0) is 6.54 Å². The van der Waals surface area contributed by atoms with Crippen LogP contribution in [0.1, 0.15) is 11.4 Å². The summed E-state index contributed by atoms with van der Waals surface area (Å²) < 4.78 is 0. The first-order valence-corrected chi connectivity index (χ1v) is 7.75. The lowest BCUT2D eigenvalue weighted by Crippen LogP contribution is -2.18. The molecule has 108 valence electrons. The molecule has 0 aliphatic carbocycles. The van der Waals surface area contributed by atoms with Crippen molar-refractivity contribution in [2.75, 3.05) is 24.3 Å². The van der Waals surface area contributed by atoms with E-state index in [0.717, 1.165) is 21.9 Å². The molecule has 0 atom stereocenters. The third kappa shape index (κ3) is 2.83. The number of thiophene rings is 1.